The SMILES string of the molecule is CO[C@]1(C)C[C@@H](NC(=O)c2ccncc2)C(c2cccc(C#N)c2)N1. The molecular formula is C19H20N4O2. The van der Waals surface area contributed by atoms with Gasteiger partial charge in [0.15, 0.2) is 0 Å². The van der Waals surface area contributed by atoms with Crippen molar-refractivity contribution < 1.29 is 9.53 Å². The molecule has 1 aliphatic heterocycles. The summed E-state index contributed by atoms with van der Waals surface area (Å²) in [4.78, 5) is 16.5. The van der Waals surface area contributed by atoms with Crippen LogP contribution in [-0.2, 0) is 4.74 Å². The number of pyridine rings is 1. The smallest absolute Gasteiger partial charge is 0.251 e. The summed E-state index contributed by atoms with van der Waals surface area (Å²) in [6.45, 7) is 1.95. The first kappa shape index (κ1) is 17.1. The van der Waals surface area contributed by atoms with Crippen LogP contribution in [0.25, 0.3) is 0 Å². The van der Waals surface area contributed by atoms with Crippen molar-refractivity contribution in [3.63, 3.8) is 0 Å². The van der Waals surface area contributed by atoms with Crippen molar-refractivity contribution in [2.45, 2.75) is 31.2 Å². The quantitative estimate of drug-likeness (QED) is 0.893. The minimum atomic E-state index is -0.552. The van der Waals surface area contributed by atoms with Gasteiger partial charge in [-0.3, -0.25) is 15.1 Å². The zero-order valence-corrected chi connectivity index (χ0v) is 14.2. The lowest BCUT2D eigenvalue weighted by molar-refractivity contribution is -0.0114. The second-order valence-corrected chi connectivity index (χ2v) is 6.31. The van der Waals surface area contributed by atoms with Crippen LogP contribution in [0.15, 0.2) is 48.8 Å². The summed E-state index contributed by atoms with van der Waals surface area (Å²) in [6, 6.07) is 12.6. The summed E-state index contributed by atoms with van der Waals surface area (Å²) >= 11 is 0. The largest absolute Gasteiger partial charge is 0.364 e. The Hall–Kier alpha value is -2.75. The molecule has 0 spiro atoms. The lowest BCUT2D eigenvalue weighted by Crippen LogP contribution is -2.39. The maximum atomic E-state index is 12.5. The van der Waals surface area contributed by atoms with Gasteiger partial charge < -0.3 is 10.1 Å². The van der Waals surface area contributed by atoms with Crippen LogP contribution in [0.3, 0.4) is 0 Å². The number of amides is 1. The van der Waals surface area contributed by atoms with Gasteiger partial charge in [-0.05, 0) is 36.8 Å². The van der Waals surface area contributed by atoms with Crippen molar-refractivity contribution >= 4 is 5.91 Å². The Morgan fingerprint density at radius 2 is 2.16 bits per heavy atom. The van der Waals surface area contributed by atoms with Gasteiger partial charge in [0.25, 0.3) is 5.91 Å². The number of nitrogens with zero attached hydrogens (tertiary/aromatic N) is 2. The van der Waals surface area contributed by atoms with Gasteiger partial charge in [-0.15, -0.1) is 0 Å². The van der Waals surface area contributed by atoms with E-state index in [4.69, 9.17) is 10.00 Å². The molecule has 1 unspecified atom stereocenters. The molecule has 1 aromatic carbocycles. The number of nitrogens with one attached hydrogen (secondary N) is 2. The van der Waals surface area contributed by atoms with Crippen LogP contribution in [0, 0.1) is 11.3 Å². The molecule has 6 nitrogen and oxygen atoms in total. The number of aromatic nitrogens is 1. The predicted molar refractivity (Wildman–Crippen MR) is 92.6 cm³/mol. The Labute approximate surface area is 146 Å². The maximum Gasteiger partial charge on any atom is 0.251 e. The third-order valence-corrected chi connectivity index (χ3v) is 4.56. The molecule has 3 rings (SSSR count). The minimum Gasteiger partial charge on any atom is -0.364 e. The molecule has 128 valence electrons. The molecule has 2 heterocycles. The molecule has 25 heavy (non-hydrogen) atoms. The van der Waals surface area contributed by atoms with Gasteiger partial charge in [0.1, 0.15) is 5.72 Å². The molecule has 3 atom stereocenters. The molecule has 1 aromatic heterocycles. The minimum absolute atomic E-state index is 0.149. The van der Waals surface area contributed by atoms with Crippen molar-refractivity contribution in [3.8, 4) is 6.07 Å². The van der Waals surface area contributed by atoms with Gasteiger partial charge in [0, 0.05) is 31.5 Å². The highest BCUT2D eigenvalue weighted by Crippen LogP contribution is 2.34. The monoisotopic (exact) mass is 336 g/mol. The number of carbonyl (C=O) groups is 1. The fourth-order valence-corrected chi connectivity index (χ4v) is 3.17. The molecule has 6 heteroatoms. The number of carbonyl (C=O) groups excluding carboxylic acids is 1. The van der Waals surface area contributed by atoms with Gasteiger partial charge in [0.2, 0.25) is 0 Å². The van der Waals surface area contributed by atoms with Crippen LogP contribution in [0.1, 0.15) is 40.9 Å². The van der Waals surface area contributed by atoms with Crippen molar-refractivity contribution in [2.24, 2.45) is 0 Å². The fraction of sp³-hybridized carbons (Fsp3) is 0.316. The van der Waals surface area contributed by atoms with E-state index in [2.05, 4.69) is 21.7 Å². The van der Waals surface area contributed by atoms with Gasteiger partial charge in [-0.1, -0.05) is 12.1 Å². The first-order valence-electron chi connectivity index (χ1n) is 8.08. The molecule has 2 N–H and O–H groups in total. The molecule has 1 amide bonds. The van der Waals surface area contributed by atoms with Gasteiger partial charge in [0.05, 0.1) is 23.7 Å². The molecule has 1 aliphatic rings. The Morgan fingerprint density at radius 1 is 1.40 bits per heavy atom. The molecular weight excluding hydrogens is 316 g/mol. The van der Waals surface area contributed by atoms with Crippen LogP contribution < -0.4 is 10.6 Å². The van der Waals surface area contributed by atoms with Crippen LogP contribution >= 0.6 is 0 Å². The lowest BCUT2D eigenvalue weighted by atomic mass is 9.98. The summed E-state index contributed by atoms with van der Waals surface area (Å²) in [5, 5.41) is 15.7. The van der Waals surface area contributed by atoms with E-state index in [1.165, 1.54) is 0 Å². The third-order valence-electron chi connectivity index (χ3n) is 4.56. The molecule has 2 aromatic rings. The van der Waals surface area contributed by atoms with Crippen molar-refractivity contribution in [1.82, 2.24) is 15.6 Å². The van der Waals surface area contributed by atoms with E-state index in [9.17, 15) is 4.79 Å². The third kappa shape index (κ3) is 3.68. The number of benzene rings is 1. The first-order valence-corrected chi connectivity index (χ1v) is 8.08. The van der Waals surface area contributed by atoms with E-state index in [0.717, 1.165) is 5.56 Å². The Kier molecular flexibility index (Phi) is 4.79. The molecule has 1 saturated heterocycles. The zero-order valence-electron chi connectivity index (χ0n) is 14.2. The van der Waals surface area contributed by atoms with E-state index in [-0.39, 0.29) is 18.0 Å². The highest BCUT2D eigenvalue weighted by atomic mass is 16.5. The number of ether oxygens (including phenoxy) is 1. The Balaban J connectivity index is 1.86. The fourth-order valence-electron chi connectivity index (χ4n) is 3.17. The standard InChI is InChI=1S/C19H20N4O2/c1-19(25-2)11-16(22-18(24)14-6-8-21-9-7-14)17(23-19)15-5-3-4-13(10-15)12-20/h3-10,16-17,23H,11H2,1-2H3,(H,22,24)/t16-,17?,19-/m1/s1. The maximum absolute atomic E-state index is 12.5. The normalized spacial score (nSPS) is 25.3. The van der Waals surface area contributed by atoms with Crippen LogP contribution in [0.4, 0.5) is 0 Å². The predicted octanol–water partition coefficient (Wildman–Crippen LogP) is 2.15. The molecule has 0 saturated carbocycles. The zero-order chi connectivity index (χ0) is 17.9. The summed E-state index contributed by atoms with van der Waals surface area (Å²) in [5.74, 6) is -0.156. The number of hydrogen-bond acceptors (Lipinski definition) is 5. The van der Waals surface area contributed by atoms with Crippen molar-refractivity contribution in [2.75, 3.05) is 7.11 Å². The number of hydrogen-bond donors (Lipinski definition) is 2. The number of methoxy groups -OCH3 is 1. The van der Waals surface area contributed by atoms with Crippen LogP contribution in [-0.4, -0.2) is 29.8 Å². The average molecular weight is 336 g/mol. The molecule has 1 fully saturated rings. The van der Waals surface area contributed by atoms with E-state index < -0.39 is 5.72 Å². The molecule has 0 bridgehead atoms. The number of nitriles is 1. The van der Waals surface area contributed by atoms with Gasteiger partial charge in [-0.2, -0.15) is 5.26 Å². The van der Waals surface area contributed by atoms with Crippen LogP contribution in [0.2, 0.25) is 0 Å². The van der Waals surface area contributed by atoms with E-state index in [0.29, 0.717) is 17.5 Å². The van der Waals surface area contributed by atoms with Crippen LogP contribution in [0.5, 0.6) is 0 Å². The highest BCUT2D eigenvalue weighted by molar-refractivity contribution is 5.94. The Morgan fingerprint density at radius 3 is 2.84 bits per heavy atom. The molecule has 0 aliphatic carbocycles. The Bertz CT molecular complexity index is 803. The van der Waals surface area contributed by atoms with Crippen molar-refractivity contribution in [3.05, 3.63) is 65.5 Å². The van der Waals surface area contributed by atoms with Gasteiger partial charge in [-0.25, -0.2) is 0 Å². The average Bonchev–Trinajstić information content (AvgIpc) is 2.99. The van der Waals surface area contributed by atoms with E-state index in [1.54, 1.807) is 37.7 Å². The van der Waals surface area contributed by atoms with E-state index >= 15 is 0 Å². The van der Waals surface area contributed by atoms with Crippen molar-refractivity contribution in [1.29, 1.82) is 5.26 Å². The summed E-state index contributed by atoms with van der Waals surface area (Å²) in [6.07, 6.45) is 3.80. The molecule has 0 radical (unpaired) electrons. The van der Waals surface area contributed by atoms with E-state index in [1.807, 2.05) is 25.1 Å². The summed E-state index contributed by atoms with van der Waals surface area (Å²) in [5.41, 5.74) is 1.54. The van der Waals surface area contributed by atoms with Gasteiger partial charge >= 0.3 is 0 Å². The second-order valence-electron chi connectivity index (χ2n) is 6.31. The summed E-state index contributed by atoms with van der Waals surface area (Å²) < 4.78 is 5.59. The second kappa shape index (κ2) is 7.01. The summed E-state index contributed by atoms with van der Waals surface area (Å²) in [7, 11) is 1.64. The first-order chi connectivity index (χ1) is 12.0. The highest BCUT2D eigenvalue weighted by Gasteiger charge is 2.43. The number of rotatable bonds is 4. The topological polar surface area (TPSA) is 87.0 Å². The lowest BCUT2D eigenvalue weighted by Gasteiger charge is -2.24.